The number of nitrogens with zero attached hydrogens (tertiary/aromatic N) is 1. The van der Waals surface area contributed by atoms with Gasteiger partial charge in [0.25, 0.3) is 0 Å². The lowest BCUT2D eigenvalue weighted by Crippen LogP contribution is -2.53. The van der Waals surface area contributed by atoms with Crippen molar-refractivity contribution in [2.75, 3.05) is 30.4 Å². The third kappa shape index (κ3) is 5.19. The molecule has 0 radical (unpaired) electrons. The number of carbonyl (C=O) groups excluding carboxylic acids is 3. The van der Waals surface area contributed by atoms with E-state index in [1.54, 1.807) is 53.4 Å². The van der Waals surface area contributed by atoms with Crippen molar-refractivity contribution < 1.29 is 29.0 Å². The van der Waals surface area contributed by atoms with E-state index in [-0.39, 0.29) is 24.3 Å². The summed E-state index contributed by atoms with van der Waals surface area (Å²) in [6, 6.07) is 13.2. The van der Waals surface area contributed by atoms with E-state index in [2.05, 4.69) is 10.6 Å². The maximum Gasteiger partial charge on any atom is 0.250 e. The molecule has 3 aliphatic heterocycles. The monoisotopic (exact) mass is 583 g/mol. The lowest BCUT2D eigenvalue weighted by atomic mass is 9.65. The molecule has 3 aliphatic rings. The second-order valence-corrected chi connectivity index (χ2v) is 11.5. The van der Waals surface area contributed by atoms with E-state index in [0.717, 1.165) is 0 Å². The highest BCUT2D eigenvalue weighted by Gasteiger charge is 2.78. The number of hydrogen-bond acceptors (Lipinski definition) is 6. The van der Waals surface area contributed by atoms with Gasteiger partial charge in [-0.25, -0.2) is 0 Å². The van der Waals surface area contributed by atoms with E-state index in [4.69, 9.17) is 21.1 Å². The number of hydrogen-bond donors (Lipinski definition) is 3. The van der Waals surface area contributed by atoms with Gasteiger partial charge in [-0.05, 0) is 81.8 Å². The van der Waals surface area contributed by atoms with Crippen LogP contribution in [0.5, 0.6) is 5.75 Å². The minimum absolute atomic E-state index is 0.0624. The second kappa shape index (κ2) is 12.0. The first-order valence-corrected chi connectivity index (χ1v) is 14.9. The molecule has 3 fully saturated rings. The highest BCUT2D eigenvalue weighted by Crippen LogP contribution is 2.64. The molecule has 0 aliphatic carbocycles. The topological polar surface area (TPSA) is 117 Å². The number of unbranched alkanes of at least 4 members (excludes halogenated alkanes) is 2. The molecule has 5 rings (SSSR count). The van der Waals surface area contributed by atoms with Gasteiger partial charge in [-0.3, -0.25) is 14.4 Å². The Morgan fingerprint density at radius 1 is 1.05 bits per heavy atom. The van der Waals surface area contributed by atoms with Crippen molar-refractivity contribution in [3.05, 3.63) is 53.6 Å². The average molecular weight is 584 g/mol. The number of ether oxygens (including phenoxy) is 2. The van der Waals surface area contributed by atoms with Crippen LogP contribution in [0.3, 0.4) is 0 Å². The first-order valence-electron chi connectivity index (χ1n) is 14.5. The fourth-order valence-electron chi connectivity index (χ4n) is 7.01. The molecule has 2 aromatic carbocycles. The Morgan fingerprint density at radius 3 is 2.49 bits per heavy atom. The van der Waals surface area contributed by atoms with Crippen LogP contribution >= 0.6 is 11.6 Å². The zero-order chi connectivity index (χ0) is 29.2. The molecule has 0 saturated carbocycles. The second-order valence-electron chi connectivity index (χ2n) is 11.1. The lowest BCUT2D eigenvalue weighted by molar-refractivity contribution is -0.144. The molecular weight excluding hydrogens is 546 g/mol. The van der Waals surface area contributed by atoms with Crippen LogP contribution in [0.2, 0.25) is 5.02 Å². The fourth-order valence-corrected chi connectivity index (χ4v) is 7.20. The number of aliphatic hydroxyl groups excluding tert-OH is 1. The van der Waals surface area contributed by atoms with Gasteiger partial charge < -0.3 is 30.1 Å². The zero-order valence-electron chi connectivity index (χ0n) is 23.5. The Morgan fingerprint density at radius 2 is 1.80 bits per heavy atom. The van der Waals surface area contributed by atoms with Crippen LogP contribution < -0.4 is 15.4 Å². The van der Waals surface area contributed by atoms with Crippen LogP contribution in [-0.4, -0.2) is 64.7 Å². The molecule has 9 nitrogen and oxygen atoms in total. The van der Waals surface area contributed by atoms with Crippen LogP contribution in [0.15, 0.2) is 48.5 Å². The van der Waals surface area contributed by atoms with Crippen molar-refractivity contribution in [3.63, 3.8) is 0 Å². The van der Waals surface area contributed by atoms with Gasteiger partial charge in [0.15, 0.2) is 0 Å². The molecule has 2 aromatic rings. The van der Waals surface area contributed by atoms with E-state index in [1.165, 1.54) is 0 Å². The number of anilines is 2. The molecule has 220 valence electrons. The van der Waals surface area contributed by atoms with Crippen LogP contribution in [0.4, 0.5) is 11.4 Å². The number of amides is 3. The van der Waals surface area contributed by atoms with Gasteiger partial charge in [0.05, 0.1) is 34.8 Å². The van der Waals surface area contributed by atoms with E-state index in [0.29, 0.717) is 73.8 Å². The normalized spacial score (nSPS) is 28.0. The third-order valence-corrected chi connectivity index (χ3v) is 9.16. The SMILES string of the molecule is CCOc1ccc(NC(=O)[C@@H]2[C@H]3C(=O)N(CCCCCO)C(C(=O)Nc4ccccc4Cl)C34CC[C@@]2(CC)O4)cc1. The van der Waals surface area contributed by atoms with Crippen molar-refractivity contribution in [2.45, 2.75) is 69.6 Å². The van der Waals surface area contributed by atoms with Crippen molar-refractivity contribution in [3.8, 4) is 5.75 Å². The molecule has 2 unspecified atom stereocenters. The van der Waals surface area contributed by atoms with Gasteiger partial charge in [-0.15, -0.1) is 0 Å². The highest BCUT2D eigenvalue weighted by molar-refractivity contribution is 6.33. The first-order chi connectivity index (χ1) is 19.8. The van der Waals surface area contributed by atoms with E-state index < -0.39 is 29.1 Å². The Hall–Kier alpha value is -3.14. The number of likely N-dealkylation sites (tertiary alicyclic amines) is 1. The molecule has 3 heterocycles. The number of fused-ring (bicyclic) bond motifs is 1. The lowest BCUT2D eigenvalue weighted by Gasteiger charge is -2.34. The fraction of sp³-hybridized carbons (Fsp3) is 0.516. The number of para-hydroxylation sites is 1. The number of carbonyl (C=O) groups is 3. The third-order valence-electron chi connectivity index (χ3n) is 8.83. The molecule has 3 amide bonds. The quantitative estimate of drug-likeness (QED) is 0.314. The molecule has 3 saturated heterocycles. The summed E-state index contributed by atoms with van der Waals surface area (Å²) in [5.41, 5.74) is -0.923. The number of halogens is 1. The molecule has 3 N–H and O–H groups in total. The van der Waals surface area contributed by atoms with Crippen molar-refractivity contribution in [2.24, 2.45) is 11.8 Å². The molecule has 0 aromatic heterocycles. The molecule has 2 bridgehead atoms. The summed E-state index contributed by atoms with van der Waals surface area (Å²) in [6.45, 7) is 4.80. The van der Waals surface area contributed by atoms with Gasteiger partial charge in [0, 0.05) is 18.8 Å². The summed E-state index contributed by atoms with van der Waals surface area (Å²) in [4.78, 5) is 43.7. The van der Waals surface area contributed by atoms with E-state index in [9.17, 15) is 19.5 Å². The predicted molar refractivity (Wildman–Crippen MR) is 156 cm³/mol. The van der Waals surface area contributed by atoms with Gasteiger partial charge in [-0.1, -0.05) is 30.7 Å². The summed E-state index contributed by atoms with van der Waals surface area (Å²) in [7, 11) is 0. The largest absolute Gasteiger partial charge is 0.494 e. The summed E-state index contributed by atoms with van der Waals surface area (Å²) in [5, 5.41) is 15.6. The van der Waals surface area contributed by atoms with Crippen molar-refractivity contribution in [1.82, 2.24) is 4.90 Å². The van der Waals surface area contributed by atoms with Crippen molar-refractivity contribution in [1.29, 1.82) is 0 Å². The van der Waals surface area contributed by atoms with Crippen molar-refractivity contribution >= 4 is 40.7 Å². The summed E-state index contributed by atoms with van der Waals surface area (Å²) in [6.07, 6.45) is 3.54. The minimum atomic E-state index is -1.13. The molecule has 5 atom stereocenters. The molecular formula is C31H38ClN3O6. The first kappa shape index (κ1) is 29.4. The summed E-state index contributed by atoms with van der Waals surface area (Å²) < 4.78 is 12.3. The maximum atomic E-state index is 14.2. The van der Waals surface area contributed by atoms with E-state index >= 15 is 0 Å². The highest BCUT2D eigenvalue weighted by atomic mass is 35.5. The number of aliphatic hydroxyl groups is 1. The molecule has 10 heteroatoms. The maximum absolute atomic E-state index is 14.2. The number of rotatable bonds is 12. The van der Waals surface area contributed by atoms with Gasteiger partial charge in [0.1, 0.15) is 17.4 Å². The molecule has 1 spiro atoms. The number of nitrogens with one attached hydrogen (secondary N) is 2. The van der Waals surface area contributed by atoms with Gasteiger partial charge in [0.2, 0.25) is 17.7 Å². The van der Waals surface area contributed by atoms with Crippen LogP contribution in [-0.2, 0) is 19.1 Å². The smallest absolute Gasteiger partial charge is 0.250 e. The molecule has 41 heavy (non-hydrogen) atoms. The van der Waals surface area contributed by atoms with Crippen LogP contribution in [0, 0.1) is 11.8 Å². The Balaban J connectivity index is 1.47. The standard InChI is InChI=1S/C31H38ClN3O6/c1-3-30-16-17-31(41-30)25(24(30)27(37)33-20-12-14-21(15-13-20)40-4-2)29(39)35(18-8-5-9-19-36)26(31)28(38)34-23-11-7-6-10-22(23)32/h6-7,10-15,24-26,36H,3-5,8-9,16-19H2,1-2H3,(H,33,37)(H,34,38)/t24-,25-,26?,30+,31?/m0/s1. The Kier molecular flexibility index (Phi) is 8.59. The predicted octanol–water partition coefficient (Wildman–Crippen LogP) is 4.63. The zero-order valence-corrected chi connectivity index (χ0v) is 24.3. The van der Waals surface area contributed by atoms with Crippen LogP contribution in [0.25, 0.3) is 0 Å². The Bertz CT molecular complexity index is 1290. The van der Waals surface area contributed by atoms with E-state index in [1.807, 2.05) is 13.8 Å². The number of benzene rings is 2. The average Bonchev–Trinajstić information content (AvgIpc) is 3.57. The van der Waals surface area contributed by atoms with Crippen LogP contribution in [0.1, 0.15) is 52.4 Å². The Labute approximate surface area is 245 Å². The van der Waals surface area contributed by atoms with Gasteiger partial charge >= 0.3 is 0 Å². The minimum Gasteiger partial charge on any atom is -0.494 e. The van der Waals surface area contributed by atoms with Gasteiger partial charge in [-0.2, -0.15) is 0 Å². The summed E-state index contributed by atoms with van der Waals surface area (Å²) in [5.74, 6) is -1.75. The summed E-state index contributed by atoms with van der Waals surface area (Å²) >= 11 is 6.35.